The molecule has 0 fully saturated rings. The number of phenolic OH excluding ortho intramolecular Hbond substituents is 5. The van der Waals surface area contributed by atoms with E-state index in [1.165, 1.54) is 0 Å². The molecule has 0 aliphatic heterocycles. The molecule has 6 aromatic rings. The molecule has 0 spiro atoms. The molecular weight excluding hydrogens is 640 g/mol. The predicted octanol–water partition coefficient (Wildman–Crippen LogP) is 4.15. The van der Waals surface area contributed by atoms with E-state index in [0.29, 0.717) is 66.8 Å². The summed E-state index contributed by atoms with van der Waals surface area (Å²) >= 11 is 0. The van der Waals surface area contributed by atoms with Gasteiger partial charge in [0, 0.05) is 38.5 Å². The Morgan fingerprint density at radius 2 is 0.429 bits per heavy atom. The molecule has 0 aromatic heterocycles. The van der Waals surface area contributed by atoms with Gasteiger partial charge in [0.25, 0.3) is 0 Å². The summed E-state index contributed by atoms with van der Waals surface area (Å²) in [6.07, 6.45) is 1.51. The monoisotopic (exact) mass is 674 g/mol. The summed E-state index contributed by atoms with van der Waals surface area (Å²) in [5, 5.41) is 70.3. The van der Waals surface area contributed by atoms with Crippen LogP contribution in [-0.4, -0.2) is 25.5 Å². The van der Waals surface area contributed by atoms with Gasteiger partial charge in [-0.25, -0.2) is 0 Å². The number of phenols is 5. The molecule has 0 unspecified atom stereocenters. The maximum atomic E-state index is 13.7. The molecule has 0 amide bonds. The van der Waals surface area contributed by atoms with Crippen molar-refractivity contribution < 1.29 is 82.0 Å². The number of benzene rings is 6. The minimum atomic E-state index is -0.149. The Labute approximate surface area is 328 Å². The number of rotatable bonds is 0. The van der Waals surface area contributed by atoms with Crippen LogP contribution < -0.4 is 56.5 Å². The van der Waals surface area contributed by atoms with Gasteiger partial charge in [0.05, 0.1) is 0 Å². The first-order valence-electron chi connectivity index (χ1n) is 16.0. The van der Waals surface area contributed by atoms with E-state index in [0.717, 1.165) is 0 Å². The Balaban J connectivity index is 0.00000417. The van der Waals surface area contributed by atoms with Gasteiger partial charge in [0.15, 0.2) is 0 Å². The maximum absolute atomic E-state index is 13.7. The van der Waals surface area contributed by atoms with E-state index in [1.807, 2.05) is 72.8 Å². The SMILES string of the molecule is [K+].[O-]c1c2cccc1Cc1cccc(c1O)Cc1cccc(c1O)Cc1cccc(c1O)Cc1cccc(c1O)Cc1cccc(c1O)C2. The number of hydrogen-bond donors (Lipinski definition) is 5. The van der Waals surface area contributed by atoms with Crippen molar-refractivity contribution in [2.24, 2.45) is 0 Å². The van der Waals surface area contributed by atoms with Gasteiger partial charge in [-0.3, -0.25) is 0 Å². The van der Waals surface area contributed by atoms with E-state index in [2.05, 4.69) is 0 Å². The standard InChI is InChI=1S/C42H36O6.K/c43-37-25-7-1-8-26(37)20-28-10-3-12-30(39(28)45)22-32-14-5-16-34(41(32)47)24-36-18-6-17-35(42(36)48)23-33-15-4-13-31(40(33)46)21-29-11-2-9-27(19-25)38(29)44;/h1-18,43-48H,19-24H2;/q;+1/p-1. The summed E-state index contributed by atoms with van der Waals surface area (Å²) in [5.41, 5.74) is 7.26. The second-order valence-corrected chi connectivity index (χ2v) is 12.6. The minimum Gasteiger partial charge on any atom is -0.872 e. The number of aromatic hydroxyl groups is 5. The second kappa shape index (κ2) is 14.7. The van der Waals surface area contributed by atoms with Crippen LogP contribution in [0.2, 0.25) is 0 Å². The van der Waals surface area contributed by atoms with Gasteiger partial charge in [0.2, 0.25) is 0 Å². The van der Waals surface area contributed by atoms with Crippen LogP contribution in [0.15, 0.2) is 109 Å². The third-order valence-corrected chi connectivity index (χ3v) is 9.48. The van der Waals surface area contributed by atoms with Gasteiger partial charge in [-0.1, -0.05) is 120 Å². The van der Waals surface area contributed by atoms with Crippen LogP contribution in [-0.2, 0) is 38.5 Å². The molecule has 7 heteroatoms. The van der Waals surface area contributed by atoms with E-state index in [-0.39, 0.29) is 124 Å². The molecule has 49 heavy (non-hydrogen) atoms. The predicted molar refractivity (Wildman–Crippen MR) is 183 cm³/mol. The molecule has 1 aliphatic carbocycles. The maximum Gasteiger partial charge on any atom is 1.00 e. The number of hydrogen-bond acceptors (Lipinski definition) is 6. The zero-order valence-corrected chi connectivity index (χ0v) is 30.4. The first-order chi connectivity index (χ1) is 23.3. The molecule has 1 aliphatic rings. The van der Waals surface area contributed by atoms with Gasteiger partial charge in [-0.15, -0.1) is 5.75 Å². The van der Waals surface area contributed by atoms with Crippen molar-refractivity contribution >= 4 is 0 Å². The van der Waals surface area contributed by atoms with Crippen LogP contribution in [0, 0.1) is 0 Å². The van der Waals surface area contributed by atoms with Crippen LogP contribution in [0.4, 0.5) is 0 Å². The van der Waals surface area contributed by atoms with Crippen molar-refractivity contribution in [3.63, 3.8) is 0 Å². The fraction of sp³-hybridized carbons (Fsp3) is 0.143. The number of fused-ring (bicyclic) bond motifs is 12. The summed E-state index contributed by atoms with van der Waals surface area (Å²) in [5.74, 6) is 0.273. The first kappa shape index (κ1) is 34.6. The van der Waals surface area contributed by atoms with Gasteiger partial charge >= 0.3 is 51.4 Å². The topological polar surface area (TPSA) is 124 Å². The molecule has 0 saturated heterocycles. The fourth-order valence-electron chi connectivity index (χ4n) is 6.80. The average molecular weight is 675 g/mol. The van der Waals surface area contributed by atoms with Crippen LogP contribution in [0.25, 0.3) is 0 Å². The van der Waals surface area contributed by atoms with Crippen molar-refractivity contribution in [3.8, 4) is 34.5 Å². The third kappa shape index (κ3) is 7.09. The van der Waals surface area contributed by atoms with Crippen LogP contribution in [0.1, 0.15) is 66.8 Å². The normalized spacial score (nSPS) is 12.7. The minimum absolute atomic E-state index is 0. The van der Waals surface area contributed by atoms with E-state index in [1.54, 1.807) is 36.4 Å². The molecule has 0 radical (unpaired) electrons. The van der Waals surface area contributed by atoms with E-state index in [4.69, 9.17) is 0 Å². The molecule has 0 saturated carbocycles. The molecular formula is C42H35KO6. The van der Waals surface area contributed by atoms with E-state index >= 15 is 0 Å². The Bertz CT molecular complexity index is 1650. The Kier molecular flexibility index (Phi) is 10.4. The molecule has 6 aromatic carbocycles. The van der Waals surface area contributed by atoms with Crippen molar-refractivity contribution in [2.75, 3.05) is 0 Å². The van der Waals surface area contributed by atoms with E-state index < -0.39 is 0 Å². The van der Waals surface area contributed by atoms with Gasteiger partial charge < -0.3 is 30.6 Å². The molecule has 5 N–H and O–H groups in total. The molecule has 6 nitrogen and oxygen atoms in total. The van der Waals surface area contributed by atoms with Crippen molar-refractivity contribution in [3.05, 3.63) is 176 Å². The summed E-state index contributed by atoms with van der Waals surface area (Å²) in [6.45, 7) is 0. The zero-order valence-electron chi connectivity index (χ0n) is 27.3. The fourth-order valence-corrected chi connectivity index (χ4v) is 6.80. The number of para-hydroxylation sites is 6. The zero-order chi connectivity index (χ0) is 33.4. The quantitative estimate of drug-likeness (QED) is 0.154. The summed E-state index contributed by atoms with van der Waals surface area (Å²) < 4.78 is 0. The first-order valence-corrected chi connectivity index (χ1v) is 16.0. The third-order valence-electron chi connectivity index (χ3n) is 9.48. The van der Waals surface area contributed by atoms with Crippen LogP contribution >= 0.6 is 0 Å². The summed E-state index contributed by atoms with van der Waals surface area (Å²) in [4.78, 5) is 0. The Morgan fingerprint density at radius 3 is 0.612 bits per heavy atom. The second-order valence-electron chi connectivity index (χ2n) is 12.6. The molecule has 240 valence electrons. The molecule has 12 bridgehead atoms. The summed E-state index contributed by atoms with van der Waals surface area (Å²) in [6, 6.07) is 32.6. The van der Waals surface area contributed by atoms with Crippen LogP contribution in [0.5, 0.6) is 34.5 Å². The Morgan fingerprint density at radius 1 is 0.286 bits per heavy atom. The Hall–Kier alpha value is -4.24. The van der Waals surface area contributed by atoms with Gasteiger partial charge in [-0.2, -0.15) is 0 Å². The van der Waals surface area contributed by atoms with Gasteiger partial charge in [0.1, 0.15) is 28.7 Å². The smallest absolute Gasteiger partial charge is 0.872 e. The van der Waals surface area contributed by atoms with Crippen molar-refractivity contribution in [1.82, 2.24) is 0 Å². The molecule has 7 rings (SSSR count). The summed E-state index contributed by atoms with van der Waals surface area (Å²) in [7, 11) is 0. The molecule has 0 atom stereocenters. The average Bonchev–Trinajstić information content (AvgIpc) is 3.07. The van der Waals surface area contributed by atoms with Crippen molar-refractivity contribution in [1.29, 1.82) is 0 Å². The van der Waals surface area contributed by atoms with Gasteiger partial charge in [-0.05, 0) is 55.6 Å². The largest absolute Gasteiger partial charge is 1.00 e. The van der Waals surface area contributed by atoms with Crippen LogP contribution in [0.3, 0.4) is 0 Å². The molecule has 0 heterocycles. The van der Waals surface area contributed by atoms with E-state index in [9.17, 15) is 30.6 Å². The van der Waals surface area contributed by atoms with Crippen molar-refractivity contribution in [2.45, 2.75) is 38.5 Å².